The Balaban J connectivity index is 2.08. The van der Waals surface area contributed by atoms with Crippen LogP contribution in [0.5, 0.6) is 0 Å². The van der Waals surface area contributed by atoms with Gasteiger partial charge in [-0.3, -0.25) is 0 Å². The molecule has 1 aromatic carbocycles. The second-order valence-corrected chi connectivity index (χ2v) is 6.00. The fraction of sp³-hybridized carbons (Fsp3) is 0.235. The first kappa shape index (κ1) is 15.8. The van der Waals surface area contributed by atoms with E-state index in [4.69, 9.17) is 0 Å². The van der Waals surface area contributed by atoms with Crippen LogP contribution < -0.4 is 0 Å². The second-order valence-electron chi connectivity index (χ2n) is 5.22. The number of alkyl halides is 3. The third-order valence-electron chi connectivity index (χ3n) is 3.52. The number of halogens is 3. The van der Waals surface area contributed by atoms with Gasteiger partial charge >= 0.3 is 6.18 Å². The van der Waals surface area contributed by atoms with Crippen molar-refractivity contribution in [1.82, 2.24) is 9.55 Å². The average molecular weight is 336 g/mol. The van der Waals surface area contributed by atoms with Gasteiger partial charge in [0.15, 0.2) is 0 Å². The highest BCUT2D eigenvalue weighted by Gasteiger charge is 2.30. The van der Waals surface area contributed by atoms with Crippen LogP contribution in [0.25, 0.3) is 16.9 Å². The first-order valence-electron chi connectivity index (χ1n) is 7.27. The van der Waals surface area contributed by atoms with E-state index in [9.17, 15) is 13.2 Å². The van der Waals surface area contributed by atoms with E-state index in [2.05, 4.69) is 4.98 Å². The molecule has 23 heavy (non-hydrogen) atoms. The second kappa shape index (κ2) is 6.20. The smallest absolute Gasteiger partial charge is 0.303 e. The van der Waals surface area contributed by atoms with Crippen LogP contribution in [0.15, 0.2) is 47.3 Å². The number of aryl methyl sites for hydroxylation is 1. The van der Waals surface area contributed by atoms with E-state index in [1.54, 1.807) is 22.0 Å². The van der Waals surface area contributed by atoms with Crippen LogP contribution in [0, 0.1) is 0 Å². The predicted molar refractivity (Wildman–Crippen MR) is 85.9 cm³/mol. The molecule has 0 fully saturated rings. The maximum Gasteiger partial charge on any atom is 0.416 e. The molecular formula is C17H15F3N2S. The van der Waals surface area contributed by atoms with Crippen LogP contribution in [-0.4, -0.2) is 9.55 Å². The Kier molecular flexibility index (Phi) is 4.26. The number of nitrogens with zero attached hydrogens (tertiary/aromatic N) is 2. The Hall–Kier alpha value is -2.08. The van der Waals surface area contributed by atoms with Crippen molar-refractivity contribution in [3.05, 3.63) is 58.7 Å². The molecule has 3 aromatic rings. The number of benzene rings is 1. The summed E-state index contributed by atoms with van der Waals surface area (Å²) in [6.07, 6.45) is -0.959. The quantitative estimate of drug-likeness (QED) is 0.609. The molecule has 0 radical (unpaired) electrons. The summed E-state index contributed by atoms with van der Waals surface area (Å²) in [5.41, 5.74) is 1.60. The van der Waals surface area contributed by atoms with E-state index in [1.807, 2.05) is 29.9 Å². The molecule has 0 amide bonds. The molecule has 120 valence electrons. The van der Waals surface area contributed by atoms with E-state index in [0.29, 0.717) is 12.1 Å². The van der Waals surface area contributed by atoms with Gasteiger partial charge in [-0.2, -0.15) is 24.5 Å². The minimum atomic E-state index is -4.35. The van der Waals surface area contributed by atoms with E-state index in [0.717, 1.165) is 35.6 Å². The predicted octanol–water partition coefficient (Wildman–Crippen LogP) is 5.57. The lowest BCUT2D eigenvalue weighted by molar-refractivity contribution is -0.137. The van der Waals surface area contributed by atoms with Crippen molar-refractivity contribution in [3.8, 4) is 16.9 Å². The topological polar surface area (TPSA) is 17.8 Å². The number of aromatic nitrogens is 2. The molecule has 0 aliphatic rings. The molecule has 0 unspecified atom stereocenters. The number of hydrogen-bond donors (Lipinski definition) is 0. The van der Waals surface area contributed by atoms with Crippen molar-refractivity contribution < 1.29 is 13.2 Å². The van der Waals surface area contributed by atoms with Crippen molar-refractivity contribution in [2.75, 3.05) is 0 Å². The zero-order valence-electron chi connectivity index (χ0n) is 12.5. The highest BCUT2D eigenvalue weighted by Crippen LogP contribution is 2.31. The molecule has 2 heterocycles. The third-order valence-corrected chi connectivity index (χ3v) is 4.20. The molecule has 3 rings (SSSR count). The lowest BCUT2D eigenvalue weighted by atomic mass is 10.2. The fourth-order valence-electron chi connectivity index (χ4n) is 2.42. The van der Waals surface area contributed by atoms with Crippen LogP contribution >= 0.6 is 11.3 Å². The fourth-order valence-corrected chi connectivity index (χ4v) is 3.07. The number of thiophene rings is 1. The minimum Gasteiger partial charge on any atom is -0.303 e. The molecule has 0 bridgehead atoms. The molecule has 0 aliphatic heterocycles. The summed E-state index contributed by atoms with van der Waals surface area (Å²) in [6, 6.07) is 7.31. The van der Waals surface area contributed by atoms with Crippen LogP contribution in [0.2, 0.25) is 0 Å². The van der Waals surface area contributed by atoms with Crippen molar-refractivity contribution in [2.24, 2.45) is 0 Å². The monoisotopic (exact) mass is 336 g/mol. The van der Waals surface area contributed by atoms with Gasteiger partial charge in [-0.25, -0.2) is 4.98 Å². The van der Waals surface area contributed by atoms with Gasteiger partial charge in [0.25, 0.3) is 0 Å². The van der Waals surface area contributed by atoms with Crippen molar-refractivity contribution >= 4 is 11.3 Å². The molecule has 0 saturated heterocycles. The van der Waals surface area contributed by atoms with Gasteiger partial charge in [0, 0.05) is 29.2 Å². The van der Waals surface area contributed by atoms with E-state index < -0.39 is 11.7 Å². The van der Waals surface area contributed by atoms with Crippen molar-refractivity contribution in [2.45, 2.75) is 25.9 Å². The Morgan fingerprint density at radius 3 is 2.70 bits per heavy atom. The van der Waals surface area contributed by atoms with Crippen LogP contribution in [0.1, 0.15) is 24.7 Å². The van der Waals surface area contributed by atoms with E-state index >= 15 is 0 Å². The highest BCUT2D eigenvalue weighted by atomic mass is 32.1. The molecule has 0 spiro atoms. The Morgan fingerprint density at radius 2 is 2.04 bits per heavy atom. The summed E-state index contributed by atoms with van der Waals surface area (Å²) < 4.78 is 40.6. The minimum absolute atomic E-state index is 0.484. The Bertz CT molecular complexity index is 789. The summed E-state index contributed by atoms with van der Waals surface area (Å²) >= 11 is 1.57. The maximum atomic E-state index is 12.9. The molecule has 2 nitrogen and oxygen atoms in total. The molecule has 0 aliphatic carbocycles. The summed E-state index contributed by atoms with van der Waals surface area (Å²) in [6.45, 7) is 2.02. The number of hydrogen-bond acceptors (Lipinski definition) is 2. The molecule has 0 atom stereocenters. The van der Waals surface area contributed by atoms with Crippen LogP contribution in [-0.2, 0) is 12.6 Å². The molecule has 0 saturated carbocycles. The normalized spacial score (nSPS) is 11.8. The average Bonchev–Trinajstić information content (AvgIpc) is 3.16. The van der Waals surface area contributed by atoms with Gasteiger partial charge in [0.2, 0.25) is 0 Å². The van der Waals surface area contributed by atoms with E-state index in [-0.39, 0.29) is 0 Å². The lowest BCUT2D eigenvalue weighted by Gasteiger charge is -2.11. The largest absolute Gasteiger partial charge is 0.416 e. The first-order valence-corrected chi connectivity index (χ1v) is 8.22. The zero-order valence-corrected chi connectivity index (χ0v) is 13.3. The molecule has 2 aromatic heterocycles. The summed E-state index contributed by atoms with van der Waals surface area (Å²) in [5.74, 6) is 0.771. The first-order chi connectivity index (χ1) is 11.0. The zero-order chi connectivity index (χ0) is 16.4. The van der Waals surface area contributed by atoms with Crippen molar-refractivity contribution in [3.63, 3.8) is 0 Å². The number of imidazole rings is 1. The summed E-state index contributed by atoms with van der Waals surface area (Å²) in [5, 5.41) is 3.94. The van der Waals surface area contributed by atoms with Crippen LogP contribution in [0.3, 0.4) is 0 Å². The van der Waals surface area contributed by atoms with Gasteiger partial charge in [-0.15, -0.1) is 0 Å². The lowest BCUT2D eigenvalue weighted by Crippen LogP contribution is -2.07. The van der Waals surface area contributed by atoms with Gasteiger partial charge in [0.1, 0.15) is 5.82 Å². The van der Waals surface area contributed by atoms with Gasteiger partial charge in [-0.05, 0) is 36.1 Å². The van der Waals surface area contributed by atoms with E-state index in [1.165, 1.54) is 6.07 Å². The third kappa shape index (κ3) is 3.32. The summed E-state index contributed by atoms with van der Waals surface area (Å²) in [7, 11) is 0. The maximum absolute atomic E-state index is 12.9. The molecular weight excluding hydrogens is 321 g/mol. The summed E-state index contributed by atoms with van der Waals surface area (Å²) in [4.78, 5) is 4.60. The molecule has 0 N–H and O–H groups in total. The van der Waals surface area contributed by atoms with Crippen molar-refractivity contribution in [1.29, 1.82) is 0 Å². The van der Waals surface area contributed by atoms with Gasteiger partial charge in [-0.1, -0.05) is 13.0 Å². The Morgan fingerprint density at radius 1 is 1.22 bits per heavy atom. The molecule has 6 heteroatoms. The van der Waals surface area contributed by atoms with Crippen LogP contribution in [0.4, 0.5) is 13.2 Å². The Labute approximate surface area is 136 Å². The highest BCUT2D eigenvalue weighted by molar-refractivity contribution is 7.08. The number of rotatable bonds is 4. The van der Waals surface area contributed by atoms with Gasteiger partial charge < -0.3 is 4.57 Å². The van der Waals surface area contributed by atoms with Gasteiger partial charge in [0.05, 0.1) is 11.3 Å². The standard InChI is InChI=1S/C17H15F3N2S/c1-2-4-16-21-15(12-7-8-23-11-12)10-22(16)14-6-3-5-13(9-14)17(18,19)20/h3,5-11H,2,4H2,1H3. The SMILES string of the molecule is CCCc1nc(-c2ccsc2)cn1-c1cccc(C(F)(F)F)c1.